The molecule has 3 rings (SSSR count). The van der Waals surface area contributed by atoms with Gasteiger partial charge in [0.15, 0.2) is 0 Å². The molecule has 0 saturated heterocycles. The number of rotatable bonds is 3. The first-order chi connectivity index (χ1) is 9.77. The quantitative estimate of drug-likeness (QED) is 0.632. The molecule has 2 aromatic carbocycles. The van der Waals surface area contributed by atoms with Gasteiger partial charge >= 0.3 is 5.97 Å². The number of hydrogen-bond acceptors (Lipinski definition) is 2. The zero-order chi connectivity index (χ0) is 14.0. The third-order valence-electron chi connectivity index (χ3n) is 3.51. The van der Waals surface area contributed by atoms with E-state index in [-0.39, 0.29) is 5.97 Å². The van der Waals surface area contributed by atoms with Crippen LogP contribution in [0, 0.1) is 0 Å². The summed E-state index contributed by atoms with van der Waals surface area (Å²) in [5.74, 6) is 0.409. The zero-order valence-electron chi connectivity index (χ0n) is 10.8. The van der Waals surface area contributed by atoms with E-state index in [0.717, 1.165) is 11.1 Å². The second-order valence-electron chi connectivity index (χ2n) is 4.67. The SMILES string of the molecule is O=C1OC(CBr)=CC1(c1ccccc1)c1ccccc1. The lowest BCUT2D eigenvalue weighted by atomic mass is 9.75. The molecule has 100 valence electrons. The van der Waals surface area contributed by atoms with Crippen molar-refractivity contribution in [3.8, 4) is 0 Å². The van der Waals surface area contributed by atoms with Gasteiger partial charge in [0, 0.05) is 0 Å². The van der Waals surface area contributed by atoms with Crippen LogP contribution in [0.3, 0.4) is 0 Å². The predicted octanol–water partition coefficient (Wildman–Crippen LogP) is 3.81. The lowest BCUT2D eigenvalue weighted by molar-refractivity contribution is -0.140. The summed E-state index contributed by atoms with van der Waals surface area (Å²) < 4.78 is 5.41. The van der Waals surface area contributed by atoms with Crippen molar-refractivity contribution in [1.29, 1.82) is 0 Å². The van der Waals surface area contributed by atoms with E-state index in [4.69, 9.17) is 4.74 Å². The highest BCUT2D eigenvalue weighted by Crippen LogP contribution is 2.41. The number of alkyl halides is 1. The summed E-state index contributed by atoms with van der Waals surface area (Å²) in [5, 5.41) is 0.528. The average molecular weight is 329 g/mol. The Morgan fingerprint density at radius 1 is 0.900 bits per heavy atom. The van der Waals surface area contributed by atoms with Crippen LogP contribution in [0.15, 0.2) is 72.5 Å². The molecule has 3 heteroatoms. The van der Waals surface area contributed by atoms with Gasteiger partial charge in [-0.3, -0.25) is 0 Å². The van der Waals surface area contributed by atoms with E-state index in [1.807, 2.05) is 66.7 Å². The molecule has 0 aromatic heterocycles. The molecular formula is C17H13BrO2. The second-order valence-corrected chi connectivity index (χ2v) is 5.23. The molecule has 1 heterocycles. The Morgan fingerprint density at radius 3 is 1.80 bits per heavy atom. The van der Waals surface area contributed by atoms with Gasteiger partial charge in [-0.25, -0.2) is 4.79 Å². The number of hydrogen-bond donors (Lipinski definition) is 0. The average Bonchev–Trinajstić information content (AvgIpc) is 2.87. The van der Waals surface area contributed by atoms with E-state index < -0.39 is 5.41 Å². The number of cyclic esters (lactones) is 1. The summed E-state index contributed by atoms with van der Waals surface area (Å²) in [5.41, 5.74) is 1.00. The van der Waals surface area contributed by atoms with Crippen LogP contribution in [0.5, 0.6) is 0 Å². The maximum Gasteiger partial charge on any atom is 0.330 e. The minimum atomic E-state index is -0.842. The topological polar surface area (TPSA) is 26.3 Å². The highest BCUT2D eigenvalue weighted by Gasteiger charge is 2.46. The fraction of sp³-hybridized carbons (Fsp3) is 0.118. The van der Waals surface area contributed by atoms with Gasteiger partial charge in [-0.2, -0.15) is 0 Å². The maximum atomic E-state index is 12.6. The highest BCUT2D eigenvalue weighted by molar-refractivity contribution is 9.09. The summed E-state index contributed by atoms with van der Waals surface area (Å²) in [6.45, 7) is 0. The lowest BCUT2D eigenvalue weighted by Crippen LogP contribution is -2.32. The van der Waals surface area contributed by atoms with Crippen LogP contribution in [-0.4, -0.2) is 11.3 Å². The number of ether oxygens (including phenoxy) is 1. The molecule has 1 aliphatic rings. The van der Waals surface area contributed by atoms with Crippen molar-refractivity contribution in [3.63, 3.8) is 0 Å². The Morgan fingerprint density at radius 2 is 1.40 bits per heavy atom. The summed E-state index contributed by atoms with van der Waals surface area (Å²) in [4.78, 5) is 12.6. The maximum absolute atomic E-state index is 12.6. The van der Waals surface area contributed by atoms with Gasteiger partial charge < -0.3 is 4.74 Å². The molecule has 0 unspecified atom stereocenters. The van der Waals surface area contributed by atoms with Crippen LogP contribution in [0.2, 0.25) is 0 Å². The molecular weight excluding hydrogens is 316 g/mol. The summed E-state index contributed by atoms with van der Waals surface area (Å²) in [6, 6.07) is 19.5. The lowest BCUT2D eigenvalue weighted by Gasteiger charge is -2.24. The molecule has 0 fully saturated rings. The smallest absolute Gasteiger partial charge is 0.330 e. The van der Waals surface area contributed by atoms with Crippen molar-refractivity contribution >= 4 is 21.9 Å². The first-order valence-electron chi connectivity index (χ1n) is 6.38. The predicted molar refractivity (Wildman–Crippen MR) is 81.6 cm³/mol. The summed E-state index contributed by atoms with van der Waals surface area (Å²) >= 11 is 3.35. The Hall–Kier alpha value is -1.87. The molecule has 0 aliphatic carbocycles. The Balaban J connectivity index is 2.25. The molecule has 0 spiro atoms. The largest absolute Gasteiger partial charge is 0.429 e. The first kappa shape index (κ1) is 13.1. The van der Waals surface area contributed by atoms with Gasteiger partial charge in [-0.05, 0) is 17.2 Å². The molecule has 0 saturated carbocycles. The standard InChI is InChI=1S/C17H13BrO2/c18-12-15-11-17(16(19)20-15,13-7-3-1-4-8-13)14-9-5-2-6-10-14/h1-11H,12H2. The minimum absolute atomic E-state index is 0.246. The Bertz CT molecular complexity index is 608. The molecule has 1 aliphatic heterocycles. The molecule has 20 heavy (non-hydrogen) atoms. The van der Waals surface area contributed by atoms with Gasteiger partial charge in [0.05, 0.1) is 5.33 Å². The Kier molecular flexibility index (Phi) is 3.45. The van der Waals surface area contributed by atoms with Gasteiger partial charge in [0.25, 0.3) is 0 Å². The minimum Gasteiger partial charge on any atom is -0.429 e. The number of carbonyl (C=O) groups is 1. The molecule has 0 bridgehead atoms. The van der Waals surface area contributed by atoms with Crippen molar-refractivity contribution in [2.75, 3.05) is 5.33 Å². The van der Waals surface area contributed by atoms with Crippen LogP contribution in [0.4, 0.5) is 0 Å². The van der Waals surface area contributed by atoms with E-state index in [0.29, 0.717) is 11.1 Å². The molecule has 2 aromatic rings. The number of allylic oxidation sites excluding steroid dienone is 1. The van der Waals surface area contributed by atoms with Gasteiger partial charge in [0.1, 0.15) is 11.2 Å². The van der Waals surface area contributed by atoms with Crippen LogP contribution in [-0.2, 0) is 14.9 Å². The van der Waals surface area contributed by atoms with Gasteiger partial charge in [0.2, 0.25) is 0 Å². The second kappa shape index (κ2) is 5.25. The van der Waals surface area contributed by atoms with Crippen molar-refractivity contribution < 1.29 is 9.53 Å². The number of halogens is 1. The van der Waals surface area contributed by atoms with Gasteiger partial charge in [-0.1, -0.05) is 76.6 Å². The third kappa shape index (κ3) is 1.98. The van der Waals surface area contributed by atoms with Crippen molar-refractivity contribution in [2.24, 2.45) is 0 Å². The molecule has 2 nitrogen and oxygen atoms in total. The molecule has 0 atom stereocenters. The number of carbonyl (C=O) groups excluding carboxylic acids is 1. The molecule has 0 radical (unpaired) electrons. The van der Waals surface area contributed by atoms with Crippen LogP contribution in [0.25, 0.3) is 0 Å². The van der Waals surface area contributed by atoms with Crippen LogP contribution >= 0.6 is 15.9 Å². The fourth-order valence-corrected chi connectivity index (χ4v) is 2.84. The zero-order valence-corrected chi connectivity index (χ0v) is 12.3. The van der Waals surface area contributed by atoms with Crippen LogP contribution < -0.4 is 0 Å². The van der Waals surface area contributed by atoms with E-state index in [2.05, 4.69) is 15.9 Å². The van der Waals surface area contributed by atoms with Crippen LogP contribution in [0.1, 0.15) is 11.1 Å². The van der Waals surface area contributed by atoms with Crippen molar-refractivity contribution in [1.82, 2.24) is 0 Å². The Labute approximate surface area is 126 Å². The molecule has 0 amide bonds. The molecule has 0 N–H and O–H groups in total. The monoisotopic (exact) mass is 328 g/mol. The number of esters is 1. The van der Waals surface area contributed by atoms with E-state index in [1.54, 1.807) is 0 Å². The van der Waals surface area contributed by atoms with E-state index >= 15 is 0 Å². The fourth-order valence-electron chi connectivity index (χ4n) is 2.57. The highest BCUT2D eigenvalue weighted by atomic mass is 79.9. The van der Waals surface area contributed by atoms with Crippen molar-refractivity contribution in [3.05, 3.63) is 83.6 Å². The third-order valence-corrected chi connectivity index (χ3v) is 4.07. The summed E-state index contributed by atoms with van der Waals surface area (Å²) in [7, 11) is 0. The first-order valence-corrected chi connectivity index (χ1v) is 7.50. The van der Waals surface area contributed by atoms with E-state index in [9.17, 15) is 4.79 Å². The number of benzene rings is 2. The normalized spacial score (nSPS) is 16.6. The van der Waals surface area contributed by atoms with Gasteiger partial charge in [-0.15, -0.1) is 0 Å². The van der Waals surface area contributed by atoms with Crippen molar-refractivity contribution in [2.45, 2.75) is 5.41 Å². The van der Waals surface area contributed by atoms with E-state index in [1.165, 1.54) is 0 Å². The summed E-state index contributed by atoms with van der Waals surface area (Å²) in [6.07, 6.45) is 1.91.